The lowest BCUT2D eigenvalue weighted by atomic mass is 10.1. The molecule has 1 heterocycles. The molecule has 1 aromatic carbocycles. The van der Waals surface area contributed by atoms with E-state index in [1.54, 1.807) is 0 Å². The molecule has 0 aromatic heterocycles. The molecule has 2 aliphatic rings. The SMILES string of the molecule is NC(=O)c1ccccc1N1CCN(C2CC2)CC1. The van der Waals surface area contributed by atoms with Gasteiger partial charge in [0.15, 0.2) is 0 Å². The average molecular weight is 245 g/mol. The minimum atomic E-state index is -0.338. The summed E-state index contributed by atoms with van der Waals surface area (Å²) in [6.45, 7) is 4.16. The van der Waals surface area contributed by atoms with Gasteiger partial charge in [0.2, 0.25) is 0 Å². The van der Waals surface area contributed by atoms with Gasteiger partial charge in [-0.25, -0.2) is 0 Å². The van der Waals surface area contributed by atoms with Crippen molar-refractivity contribution in [2.24, 2.45) is 5.73 Å². The van der Waals surface area contributed by atoms with Crippen LogP contribution in [0.15, 0.2) is 24.3 Å². The molecule has 0 bridgehead atoms. The van der Waals surface area contributed by atoms with Gasteiger partial charge in [-0.1, -0.05) is 12.1 Å². The molecular formula is C14H19N3O. The van der Waals surface area contributed by atoms with Crippen LogP contribution in [0, 0.1) is 0 Å². The minimum Gasteiger partial charge on any atom is -0.368 e. The van der Waals surface area contributed by atoms with Gasteiger partial charge in [0, 0.05) is 37.9 Å². The van der Waals surface area contributed by atoms with Crippen LogP contribution in [-0.4, -0.2) is 43.0 Å². The summed E-state index contributed by atoms with van der Waals surface area (Å²) in [6, 6.07) is 8.47. The third-order valence-electron chi connectivity index (χ3n) is 3.89. The average Bonchev–Trinajstić information content (AvgIpc) is 3.23. The van der Waals surface area contributed by atoms with Gasteiger partial charge in [-0.2, -0.15) is 0 Å². The van der Waals surface area contributed by atoms with Gasteiger partial charge in [0.25, 0.3) is 5.91 Å². The fourth-order valence-electron chi connectivity index (χ4n) is 2.73. The quantitative estimate of drug-likeness (QED) is 0.866. The Kier molecular flexibility index (Phi) is 2.96. The van der Waals surface area contributed by atoms with Crippen LogP contribution in [0.25, 0.3) is 0 Å². The molecule has 1 saturated heterocycles. The van der Waals surface area contributed by atoms with Crippen molar-refractivity contribution < 1.29 is 4.79 Å². The number of hydrogen-bond donors (Lipinski definition) is 1. The van der Waals surface area contributed by atoms with E-state index in [9.17, 15) is 4.79 Å². The Morgan fingerprint density at radius 1 is 1.11 bits per heavy atom. The van der Waals surface area contributed by atoms with Crippen molar-refractivity contribution in [1.29, 1.82) is 0 Å². The predicted molar refractivity (Wildman–Crippen MR) is 71.8 cm³/mol. The summed E-state index contributed by atoms with van der Waals surface area (Å²) in [6.07, 6.45) is 2.72. The number of primary amides is 1. The molecule has 1 aliphatic heterocycles. The van der Waals surface area contributed by atoms with E-state index in [0.29, 0.717) is 5.56 Å². The zero-order chi connectivity index (χ0) is 12.5. The lowest BCUT2D eigenvalue weighted by Gasteiger charge is -2.36. The van der Waals surface area contributed by atoms with Gasteiger partial charge < -0.3 is 10.6 Å². The van der Waals surface area contributed by atoms with Crippen LogP contribution in [0.2, 0.25) is 0 Å². The van der Waals surface area contributed by atoms with Crippen molar-refractivity contribution in [3.63, 3.8) is 0 Å². The molecule has 1 amide bonds. The molecule has 0 radical (unpaired) electrons. The third kappa shape index (κ3) is 2.20. The topological polar surface area (TPSA) is 49.6 Å². The first kappa shape index (κ1) is 11.5. The molecule has 3 rings (SSSR count). The molecule has 0 unspecified atom stereocenters. The van der Waals surface area contributed by atoms with Gasteiger partial charge in [-0.15, -0.1) is 0 Å². The largest absolute Gasteiger partial charge is 0.368 e. The van der Waals surface area contributed by atoms with Crippen LogP contribution in [-0.2, 0) is 0 Å². The highest BCUT2D eigenvalue weighted by Crippen LogP contribution is 2.29. The Bertz CT molecular complexity index is 448. The summed E-state index contributed by atoms with van der Waals surface area (Å²) in [5.74, 6) is -0.338. The van der Waals surface area contributed by atoms with Gasteiger partial charge in [0.05, 0.1) is 5.56 Å². The Hall–Kier alpha value is -1.55. The van der Waals surface area contributed by atoms with E-state index >= 15 is 0 Å². The minimum absolute atomic E-state index is 0.338. The first-order chi connectivity index (χ1) is 8.75. The number of carbonyl (C=O) groups excluding carboxylic acids is 1. The Morgan fingerprint density at radius 2 is 1.78 bits per heavy atom. The van der Waals surface area contributed by atoms with Gasteiger partial charge in [-0.3, -0.25) is 9.69 Å². The van der Waals surface area contributed by atoms with Gasteiger partial charge in [-0.05, 0) is 25.0 Å². The molecule has 1 aliphatic carbocycles. The Morgan fingerprint density at radius 3 is 2.39 bits per heavy atom. The lowest BCUT2D eigenvalue weighted by molar-refractivity contribution is 0.100. The van der Waals surface area contributed by atoms with Gasteiger partial charge in [0.1, 0.15) is 0 Å². The highest BCUT2D eigenvalue weighted by molar-refractivity contribution is 5.98. The van der Waals surface area contributed by atoms with Crippen LogP contribution in [0.3, 0.4) is 0 Å². The van der Waals surface area contributed by atoms with Crippen LogP contribution in [0.1, 0.15) is 23.2 Å². The molecule has 2 fully saturated rings. The van der Waals surface area contributed by atoms with E-state index in [4.69, 9.17) is 5.73 Å². The van der Waals surface area contributed by atoms with Crippen molar-refractivity contribution in [2.45, 2.75) is 18.9 Å². The van der Waals surface area contributed by atoms with E-state index in [0.717, 1.165) is 37.9 Å². The molecule has 2 N–H and O–H groups in total. The number of amides is 1. The maximum absolute atomic E-state index is 11.4. The summed E-state index contributed by atoms with van der Waals surface area (Å²) >= 11 is 0. The summed E-state index contributed by atoms with van der Waals surface area (Å²) < 4.78 is 0. The number of para-hydroxylation sites is 1. The third-order valence-corrected chi connectivity index (χ3v) is 3.89. The fraction of sp³-hybridized carbons (Fsp3) is 0.500. The van der Waals surface area contributed by atoms with Crippen molar-refractivity contribution in [3.8, 4) is 0 Å². The number of nitrogens with zero attached hydrogens (tertiary/aromatic N) is 2. The monoisotopic (exact) mass is 245 g/mol. The van der Waals surface area contributed by atoms with Crippen LogP contribution < -0.4 is 10.6 Å². The van der Waals surface area contributed by atoms with E-state index in [1.807, 2.05) is 24.3 Å². The summed E-state index contributed by atoms with van der Waals surface area (Å²) in [4.78, 5) is 16.3. The molecule has 1 aromatic rings. The molecule has 0 atom stereocenters. The van der Waals surface area contributed by atoms with Crippen molar-refractivity contribution >= 4 is 11.6 Å². The zero-order valence-corrected chi connectivity index (χ0v) is 10.5. The van der Waals surface area contributed by atoms with Crippen molar-refractivity contribution in [1.82, 2.24) is 4.90 Å². The van der Waals surface area contributed by atoms with E-state index in [-0.39, 0.29) is 5.91 Å². The van der Waals surface area contributed by atoms with Crippen molar-refractivity contribution in [2.75, 3.05) is 31.1 Å². The molecule has 4 heteroatoms. The summed E-state index contributed by atoms with van der Waals surface area (Å²) in [7, 11) is 0. The second kappa shape index (κ2) is 4.61. The molecule has 4 nitrogen and oxygen atoms in total. The number of carbonyl (C=O) groups is 1. The van der Waals surface area contributed by atoms with E-state index in [1.165, 1.54) is 12.8 Å². The summed E-state index contributed by atoms with van der Waals surface area (Å²) in [5.41, 5.74) is 7.05. The predicted octanol–water partition coefficient (Wildman–Crippen LogP) is 1.07. The molecule has 96 valence electrons. The number of benzene rings is 1. The molecular weight excluding hydrogens is 226 g/mol. The fourth-order valence-corrected chi connectivity index (χ4v) is 2.73. The smallest absolute Gasteiger partial charge is 0.250 e. The summed E-state index contributed by atoms with van der Waals surface area (Å²) in [5, 5.41) is 0. The second-order valence-electron chi connectivity index (χ2n) is 5.14. The Labute approximate surface area is 107 Å². The normalized spacial score (nSPS) is 21.0. The maximum atomic E-state index is 11.4. The second-order valence-corrected chi connectivity index (χ2v) is 5.14. The standard InChI is InChI=1S/C14H19N3O/c15-14(18)12-3-1-2-4-13(12)17-9-7-16(8-10-17)11-5-6-11/h1-4,11H,5-10H2,(H2,15,18). The lowest BCUT2D eigenvalue weighted by Crippen LogP contribution is -2.47. The first-order valence-corrected chi connectivity index (χ1v) is 6.63. The van der Waals surface area contributed by atoms with Crippen LogP contribution in [0.5, 0.6) is 0 Å². The van der Waals surface area contributed by atoms with Crippen LogP contribution in [0.4, 0.5) is 5.69 Å². The van der Waals surface area contributed by atoms with Crippen molar-refractivity contribution in [3.05, 3.63) is 29.8 Å². The number of anilines is 1. The molecule has 1 saturated carbocycles. The Balaban J connectivity index is 1.73. The molecule has 18 heavy (non-hydrogen) atoms. The first-order valence-electron chi connectivity index (χ1n) is 6.63. The highest BCUT2D eigenvalue weighted by Gasteiger charge is 2.31. The number of nitrogens with two attached hydrogens (primary N) is 1. The number of rotatable bonds is 3. The zero-order valence-electron chi connectivity index (χ0n) is 10.5. The number of piperazine rings is 1. The maximum Gasteiger partial charge on any atom is 0.250 e. The highest BCUT2D eigenvalue weighted by atomic mass is 16.1. The van der Waals surface area contributed by atoms with E-state index < -0.39 is 0 Å². The number of hydrogen-bond acceptors (Lipinski definition) is 3. The van der Waals surface area contributed by atoms with E-state index in [2.05, 4.69) is 9.80 Å². The molecule has 0 spiro atoms. The van der Waals surface area contributed by atoms with Crippen LogP contribution >= 0.6 is 0 Å². The van der Waals surface area contributed by atoms with Gasteiger partial charge >= 0.3 is 0 Å².